The molecular weight excluding hydrogens is 264 g/mol. The third-order valence-electron chi connectivity index (χ3n) is 2.59. The Morgan fingerprint density at radius 3 is 2.74 bits per heavy atom. The van der Waals surface area contributed by atoms with Crippen LogP contribution in [0.1, 0.15) is 36.3 Å². The monoisotopic (exact) mass is 284 g/mol. The number of rotatable bonds is 8. The van der Waals surface area contributed by atoms with E-state index in [0.717, 1.165) is 18.5 Å². The number of pyridine rings is 1. The Morgan fingerprint density at radius 2 is 2.16 bits per heavy atom. The second kappa shape index (κ2) is 7.89. The molecule has 0 aliphatic rings. The zero-order valence-electron chi connectivity index (χ0n) is 11.3. The quantitative estimate of drug-likeness (QED) is 0.762. The van der Waals surface area contributed by atoms with Gasteiger partial charge >= 0.3 is 5.97 Å². The van der Waals surface area contributed by atoms with E-state index in [2.05, 4.69) is 10.3 Å². The molecule has 0 aliphatic heterocycles. The molecule has 1 aromatic heterocycles. The van der Waals surface area contributed by atoms with Crippen LogP contribution in [0.2, 0.25) is 0 Å². The number of nitrogens with zero attached hydrogens (tertiary/aromatic N) is 1. The van der Waals surface area contributed by atoms with E-state index in [4.69, 9.17) is 5.11 Å². The maximum absolute atomic E-state index is 11.3. The summed E-state index contributed by atoms with van der Waals surface area (Å²) in [5.41, 5.74) is 0.999. The van der Waals surface area contributed by atoms with Crippen LogP contribution in [0, 0.1) is 0 Å². The van der Waals surface area contributed by atoms with Crippen molar-refractivity contribution in [3.05, 3.63) is 23.4 Å². The highest BCUT2D eigenvalue weighted by Crippen LogP contribution is 2.12. The molecule has 0 spiro atoms. The van der Waals surface area contributed by atoms with Crippen LogP contribution in [-0.2, 0) is 17.2 Å². The third-order valence-corrected chi connectivity index (χ3v) is 3.89. The van der Waals surface area contributed by atoms with Crippen molar-refractivity contribution in [3.63, 3.8) is 0 Å². The molecule has 5 nitrogen and oxygen atoms in total. The summed E-state index contributed by atoms with van der Waals surface area (Å²) >= 11 is 0. The zero-order chi connectivity index (χ0) is 14.3. The lowest BCUT2D eigenvalue weighted by Gasteiger charge is -2.08. The van der Waals surface area contributed by atoms with Crippen LogP contribution < -0.4 is 5.32 Å². The first-order valence-electron chi connectivity index (χ1n) is 6.39. The number of anilines is 1. The number of nitrogens with one attached hydrogen (secondary N) is 1. The Hall–Kier alpha value is -1.43. The lowest BCUT2D eigenvalue weighted by molar-refractivity contribution is 0.0696. The zero-order valence-corrected chi connectivity index (χ0v) is 12.1. The van der Waals surface area contributed by atoms with Crippen molar-refractivity contribution >= 4 is 22.6 Å². The maximum atomic E-state index is 11.3. The number of aryl methyl sites for hydroxylation is 1. The molecule has 1 rings (SSSR count). The SMILES string of the molecule is CCCc1cc(C(=O)O)cc(NCCS(=O)CC)n1. The van der Waals surface area contributed by atoms with Gasteiger partial charge in [-0.3, -0.25) is 4.21 Å². The highest BCUT2D eigenvalue weighted by Gasteiger charge is 2.08. The predicted octanol–water partition coefficient (Wildman–Crippen LogP) is 1.91. The predicted molar refractivity (Wildman–Crippen MR) is 77.2 cm³/mol. The van der Waals surface area contributed by atoms with E-state index in [1.807, 2.05) is 13.8 Å². The topological polar surface area (TPSA) is 79.3 Å². The molecule has 19 heavy (non-hydrogen) atoms. The summed E-state index contributed by atoms with van der Waals surface area (Å²) in [6, 6.07) is 3.11. The Kier molecular flexibility index (Phi) is 6.49. The first-order valence-corrected chi connectivity index (χ1v) is 7.88. The molecule has 6 heteroatoms. The summed E-state index contributed by atoms with van der Waals surface area (Å²) in [4.78, 5) is 15.4. The van der Waals surface area contributed by atoms with Gasteiger partial charge in [-0.1, -0.05) is 20.3 Å². The number of carboxylic acids is 1. The minimum Gasteiger partial charge on any atom is -0.478 e. The molecule has 0 aliphatic carbocycles. The van der Waals surface area contributed by atoms with Crippen LogP contribution in [0.4, 0.5) is 5.82 Å². The van der Waals surface area contributed by atoms with Gasteiger partial charge in [-0.25, -0.2) is 9.78 Å². The summed E-state index contributed by atoms with van der Waals surface area (Å²) in [6.07, 6.45) is 1.66. The van der Waals surface area contributed by atoms with Gasteiger partial charge in [-0.05, 0) is 18.6 Å². The van der Waals surface area contributed by atoms with E-state index in [1.165, 1.54) is 6.07 Å². The summed E-state index contributed by atoms with van der Waals surface area (Å²) < 4.78 is 11.3. The lowest BCUT2D eigenvalue weighted by atomic mass is 10.1. The molecule has 0 radical (unpaired) electrons. The molecule has 1 unspecified atom stereocenters. The Balaban J connectivity index is 2.75. The van der Waals surface area contributed by atoms with Crippen LogP contribution in [0.15, 0.2) is 12.1 Å². The average molecular weight is 284 g/mol. The largest absolute Gasteiger partial charge is 0.478 e. The third kappa shape index (κ3) is 5.38. The molecule has 1 atom stereocenters. The van der Waals surface area contributed by atoms with E-state index in [9.17, 15) is 9.00 Å². The smallest absolute Gasteiger partial charge is 0.335 e. The van der Waals surface area contributed by atoms with Crippen molar-refractivity contribution in [2.75, 3.05) is 23.4 Å². The van der Waals surface area contributed by atoms with Gasteiger partial charge in [-0.15, -0.1) is 0 Å². The number of aromatic carboxylic acids is 1. The average Bonchev–Trinajstić information content (AvgIpc) is 2.38. The number of hydrogen-bond donors (Lipinski definition) is 2. The van der Waals surface area contributed by atoms with E-state index in [1.54, 1.807) is 6.07 Å². The molecule has 0 amide bonds. The van der Waals surface area contributed by atoms with E-state index >= 15 is 0 Å². The minimum absolute atomic E-state index is 0.234. The van der Waals surface area contributed by atoms with Gasteiger partial charge in [0.05, 0.1) is 5.56 Å². The number of aromatic nitrogens is 1. The molecule has 0 fully saturated rings. The fraction of sp³-hybridized carbons (Fsp3) is 0.538. The molecule has 0 saturated carbocycles. The van der Waals surface area contributed by atoms with Gasteiger partial charge in [0.25, 0.3) is 0 Å². The van der Waals surface area contributed by atoms with E-state index in [-0.39, 0.29) is 5.56 Å². The normalized spacial score (nSPS) is 12.1. The summed E-state index contributed by atoms with van der Waals surface area (Å²) in [5.74, 6) is 0.751. The Labute approximate surface area is 115 Å². The first-order chi connectivity index (χ1) is 9.06. The van der Waals surface area contributed by atoms with Crippen LogP contribution in [0.25, 0.3) is 0 Å². The van der Waals surface area contributed by atoms with Crippen LogP contribution in [0.3, 0.4) is 0 Å². The summed E-state index contributed by atoms with van der Waals surface area (Å²) in [5, 5.41) is 12.1. The van der Waals surface area contributed by atoms with Crippen molar-refractivity contribution in [2.24, 2.45) is 0 Å². The van der Waals surface area contributed by atoms with Gasteiger partial charge in [0, 0.05) is 34.5 Å². The molecule has 0 aromatic carbocycles. The maximum Gasteiger partial charge on any atom is 0.335 e. The van der Waals surface area contributed by atoms with E-state index in [0.29, 0.717) is 23.9 Å². The standard InChI is InChI=1S/C13H20N2O3S/c1-3-5-11-8-10(13(16)17)9-12(15-11)14-6-7-19(18)4-2/h8-9H,3-7H2,1-2H3,(H,14,15)(H,16,17). The first kappa shape index (κ1) is 15.6. The molecule has 0 saturated heterocycles. The summed E-state index contributed by atoms with van der Waals surface area (Å²) in [6.45, 7) is 4.42. The molecule has 1 aromatic rings. The molecule has 106 valence electrons. The highest BCUT2D eigenvalue weighted by atomic mass is 32.2. The minimum atomic E-state index is -0.958. The second-order valence-corrected chi connectivity index (χ2v) is 6.01. The van der Waals surface area contributed by atoms with Crippen LogP contribution in [-0.4, -0.2) is 38.3 Å². The Morgan fingerprint density at radius 1 is 1.42 bits per heavy atom. The number of hydrogen-bond acceptors (Lipinski definition) is 4. The molecular formula is C13H20N2O3S. The number of carboxylic acid groups (broad SMARTS) is 1. The lowest BCUT2D eigenvalue weighted by Crippen LogP contribution is -2.14. The van der Waals surface area contributed by atoms with Gasteiger partial charge in [-0.2, -0.15) is 0 Å². The Bertz CT molecular complexity index is 463. The van der Waals surface area contributed by atoms with Crippen molar-refractivity contribution in [1.82, 2.24) is 4.98 Å². The fourth-order valence-electron chi connectivity index (χ4n) is 1.62. The van der Waals surface area contributed by atoms with Gasteiger partial charge < -0.3 is 10.4 Å². The molecule has 0 bridgehead atoms. The summed E-state index contributed by atoms with van der Waals surface area (Å²) in [7, 11) is -0.830. The van der Waals surface area contributed by atoms with Crippen LogP contribution in [0.5, 0.6) is 0 Å². The van der Waals surface area contributed by atoms with Gasteiger partial charge in [0.15, 0.2) is 0 Å². The van der Waals surface area contributed by atoms with Gasteiger partial charge in [0.1, 0.15) is 5.82 Å². The molecule has 2 N–H and O–H groups in total. The van der Waals surface area contributed by atoms with Gasteiger partial charge in [0.2, 0.25) is 0 Å². The fourth-order valence-corrected chi connectivity index (χ4v) is 2.24. The van der Waals surface area contributed by atoms with Crippen molar-refractivity contribution in [1.29, 1.82) is 0 Å². The highest BCUT2D eigenvalue weighted by molar-refractivity contribution is 7.84. The van der Waals surface area contributed by atoms with Crippen LogP contribution >= 0.6 is 0 Å². The second-order valence-electron chi connectivity index (χ2n) is 4.15. The number of carbonyl (C=O) groups is 1. The van der Waals surface area contributed by atoms with Crippen molar-refractivity contribution in [2.45, 2.75) is 26.7 Å². The van der Waals surface area contributed by atoms with Crippen molar-refractivity contribution < 1.29 is 14.1 Å². The van der Waals surface area contributed by atoms with Crippen molar-refractivity contribution in [3.8, 4) is 0 Å². The van der Waals surface area contributed by atoms with E-state index < -0.39 is 16.8 Å². The molecule has 1 heterocycles.